The Morgan fingerprint density at radius 2 is 2.11 bits per heavy atom. The highest BCUT2D eigenvalue weighted by Crippen LogP contribution is 2.47. The zero-order chi connectivity index (χ0) is 13.9. The molecule has 1 rings (SSSR count). The molecule has 5 atom stereocenters. The predicted octanol–water partition coefficient (Wildman–Crippen LogP) is 2.17. The predicted molar refractivity (Wildman–Crippen MR) is 72.1 cm³/mol. The Bertz CT molecular complexity index is 309. The second-order valence-electron chi connectivity index (χ2n) is 5.73. The number of hydrogen-bond donors (Lipinski definition) is 2. The van der Waals surface area contributed by atoms with Gasteiger partial charge in [-0.25, -0.2) is 0 Å². The number of allylic oxidation sites excluding steroid dienone is 1. The Morgan fingerprint density at radius 1 is 1.50 bits per heavy atom. The first kappa shape index (κ1) is 15.4. The minimum absolute atomic E-state index is 0.0151. The van der Waals surface area contributed by atoms with Gasteiger partial charge in [0.1, 0.15) is 5.78 Å². The third kappa shape index (κ3) is 3.21. The van der Waals surface area contributed by atoms with E-state index in [1.807, 2.05) is 13.8 Å². The molecule has 0 saturated heterocycles. The van der Waals surface area contributed by atoms with Crippen LogP contribution in [0, 0.1) is 23.7 Å². The van der Waals surface area contributed by atoms with Crippen LogP contribution in [0.3, 0.4) is 0 Å². The van der Waals surface area contributed by atoms with Gasteiger partial charge < -0.3 is 10.2 Å². The highest BCUT2D eigenvalue weighted by Gasteiger charge is 2.45. The van der Waals surface area contributed by atoms with E-state index >= 15 is 0 Å². The molecule has 0 heterocycles. The van der Waals surface area contributed by atoms with Gasteiger partial charge in [0.05, 0.1) is 6.10 Å². The Labute approximate surface area is 110 Å². The van der Waals surface area contributed by atoms with E-state index in [0.717, 1.165) is 12.0 Å². The summed E-state index contributed by atoms with van der Waals surface area (Å²) in [5.74, 6) is 0.467. The van der Waals surface area contributed by atoms with Crippen molar-refractivity contribution in [2.24, 2.45) is 23.7 Å². The van der Waals surface area contributed by atoms with Crippen molar-refractivity contribution in [2.75, 3.05) is 6.61 Å². The molecule has 2 N–H and O–H groups in total. The molecule has 0 radical (unpaired) electrons. The second kappa shape index (κ2) is 6.48. The molecule has 3 heteroatoms. The number of Topliss-reactive ketones (excluding diaryl/α,β-unsaturated/α-hetero) is 1. The van der Waals surface area contributed by atoms with Crippen LogP contribution in [0.25, 0.3) is 0 Å². The Morgan fingerprint density at radius 3 is 2.50 bits per heavy atom. The number of aliphatic hydroxyl groups excluding tert-OH is 2. The third-order valence-corrected chi connectivity index (χ3v) is 4.25. The number of carbonyl (C=O) groups is 1. The SMILES string of the molecule is C=C(C)C1CC(CC(C)O)C(C(=O)CC)C1CO. The fourth-order valence-electron chi connectivity index (χ4n) is 3.47. The van der Waals surface area contributed by atoms with Crippen molar-refractivity contribution in [3.63, 3.8) is 0 Å². The van der Waals surface area contributed by atoms with Crippen molar-refractivity contribution in [1.82, 2.24) is 0 Å². The van der Waals surface area contributed by atoms with Crippen LogP contribution >= 0.6 is 0 Å². The van der Waals surface area contributed by atoms with E-state index in [1.165, 1.54) is 0 Å². The molecule has 1 fully saturated rings. The van der Waals surface area contributed by atoms with Crippen molar-refractivity contribution in [1.29, 1.82) is 0 Å². The molecule has 1 saturated carbocycles. The zero-order valence-corrected chi connectivity index (χ0v) is 11.7. The van der Waals surface area contributed by atoms with E-state index in [9.17, 15) is 15.0 Å². The molecular formula is C15H26O3. The van der Waals surface area contributed by atoms with Crippen molar-refractivity contribution < 1.29 is 15.0 Å². The van der Waals surface area contributed by atoms with E-state index in [1.54, 1.807) is 6.92 Å². The Balaban J connectivity index is 2.95. The number of aliphatic hydroxyl groups is 2. The van der Waals surface area contributed by atoms with Crippen LogP contribution in [-0.2, 0) is 4.79 Å². The van der Waals surface area contributed by atoms with Crippen LogP contribution in [-0.4, -0.2) is 28.7 Å². The van der Waals surface area contributed by atoms with Crippen molar-refractivity contribution in [3.8, 4) is 0 Å². The number of hydrogen-bond acceptors (Lipinski definition) is 3. The fourth-order valence-corrected chi connectivity index (χ4v) is 3.47. The first-order valence-electron chi connectivity index (χ1n) is 6.89. The van der Waals surface area contributed by atoms with Gasteiger partial charge in [0.2, 0.25) is 0 Å². The molecule has 18 heavy (non-hydrogen) atoms. The lowest BCUT2D eigenvalue weighted by atomic mass is 9.80. The molecule has 0 aromatic heterocycles. The van der Waals surface area contributed by atoms with Gasteiger partial charge in [0.15, 0.2) is 0 Å². The smallest absolute Gasteiger partial charge is 0.136 e. The van der Waals surface area contributed by atoms with Gasteiger partial charge in [-0.1, -0.05) is 19.1 Å². The van der Waals surface area contributed by atoms with Gasteiger partial charge >= 0.3 is 0 Å². The van der Waals surface area contributed by atoms with Crippen LogP contribution in [0.1, 0.15) is 40.0 Å². The van der Waals surface area contributed by atoms with Crippen LogP contribution in [0.4, 0.5) is 0 Å². The van der Waals surface area contributed by atoms with Gasteiger partial charge in [-0.3, -0.25) is 4.79 Å². The molecule has 5 unspecified atom stereocenters. The first-order valence-corrected chi connectivity index (χ1v) is 6.89. The maximum absolute atomic E-state index is 12.1. The average Bonchev–Trinajstić information content (AvgIpc) is 2.65. The molecule has 0 bridgehead atoms. The molecule has 0 aromatic rings. The first-order chi connectivity index (χ1) is 8.42. The fraction of sp³-hybridized carbons (Fsp3) is 0.800. The maximum atomic E-state index is 12.1. The summed E-state index contributed by atoms with van der Waals surface area (Å²) in [6, 6.07) is 0. The van der Waals surface area contributed by atoms with E-state index in [0.29, 0.717) is 12.8 Å². The lowest BCUT2D eigenvalue weighted by Gasteiger charge is -2.24. The van der Waals surface area contributed by atoms with Gasteiger partial charge in [0.25, 0.3) is 0 Å². The molecule has 1 aliphatic rings. The van der Waals surface area contributed by atoms with Crippen molar-refractivity contribution >= 4 is 5.78 Å². The van der Waals surface area contributed by atoms with Gasteiger partial charge in [-0.2, -0.15) is 0 Å². The summed E-state index contributed by atoms with van der Waals surface area (Å²) in [4.78, 5) is 12.1. The van der Waals surface area contributed by atoms with Gasteiger partial charge in [0, 0.05) is 18.9 Å². The van der Waals surface area contributed by atoms with Crippen LogP contribution in [0.5, 0.6) is 0 Å². The highest BCUT2D eigenvalue weighted by atomic mass is 16.3. The lowest BCUT2D eigenvalue weighted by Crippen LogP contribution is -2.29. The monoisotopic (exact) mass is 254 g/mol. The minimum Gasteiger partial charge on any atom is -0.396 e. The minimum atomic E-state index is -0.398. The average molecular weight is 254 g/mol. The molecule has 0 aliphatic heterocycles. The summed E-state index contributed by atoms with van der Waals surface area (Å²) in [6.45, 7) is 9.60. The van der Waals surface area contributed by atoms with Crippen molar-refractivity contribution in [2.45, 2.75) is 46.1 Å². The summed E-state index contributed by atoms with van der Waals surface area (Å²) >= 11 is 0. The van der Waals surface area contributed by atoms with E-state index in [4.69, 9.17) is 0 Å². The Hall–Kier alpha value is -0.670. The van der Waals surface area contributed by atoms with E-state index in [2.05, 4.69) is 6.58 Å². The van der Waals surface area contributed by atoms with Crippen LogP contribution < -0.4 is 0 Å². The molecular weight excluding hydrogens is 228 g/mol. The molecule has 3 nitrogen and oxygen atoms in total. The normalized spacial score (nSPS) is 33.4. The molecule has 0 aromatic carbocycles. The maximum Gasteiger partial charge on any atom is 0.136 e. The summed E-state index contributed by atoms with van der Waals surface area (Å²) in [7, 11) is 0. The largest absolute Gasteiger partial charge is 0.396 e. The highest BCUT2D eigenvalue weighted by molar-refractivity contribution is 5.81. The molecule has 0 amide bonds. The van der Waals surface area contributed by atoms with Gasteiger partial charge in [-0.05, 0) is 44.4 Å². The quantitative estimate of drug-likeness (QED) is 0.714. The number of carbonyl (C=O) groups excluding carboxylic acids is 1. The molecule has 0 spiro atoms. The summed E-state index contributed by atoms with van der Waals surface area (Å²) in [5, 5.41) is 19.2. The van der Waals surface area contributed by atoms with Crippen molar-refractivity contribution in [3.05, 3.63) is 12.2 Å². The summed E-state index contributed by atoms with van der Waals surface area (Å²) in [5.41, 5.74) is 1.04. The van der Waals surface area contributed by atoms with Crippen LogP contribution in [0.2, 0.25) is 0 Å². The summed E-state index contributed by atoms with van der Waals surface area (Å²) < 4.78 is 0. The van der Waals surface area contributed by atoms with Crippen LogP contribution in [0.15, 0.2) is 12.2 Å². The standard InChI is InChI=1S/C15H26O3/c1-5-14(18)15-11(6-10(4)17)7-12(9(2)3)13(15)8-16/h10-13,15-17H,2,5-8H2,1,3-4H3. The van der Waals surface area contributed by atoms with E-state index in [-0.39, 0.29) is 36.1 Å². The third-order valence-electron chi connectivity index (χ3n) is 4.25. The van der Waals surface area contributed by atoms with E-state index < -0.39 is 6.10 Å². The topological polar surface area (TPSA) is 57.5 Å². The zero-order valence-electron chi connectivity index (χ0n) is 11.7. The Kier molecular flexibility index (Phi) is 5.54. The second-order valence-corrected chi connectivity index (χ2v) is 5.73. The summed E-state index contributed by atoms with van der Waals surface area (Å²) in [6.07, 6.45) is 1.60. The number of rotatable bonds is 6. The molecule has 1 aliphatic carbocycles. The lowest BCUT2D eigenvalue weighted by molar-refractivity contribution is -0.126. The molecule has 104 valence electrons. The number of ketones is 1. The van der Waals surface area contributed by atoms with Gasteiger partial charge in [-0.15, -0.1) is 0 Å².